The number of halogens is 1. The van der Waals surface area contributed by atoms with Crippen LogP contribution in [0, 0.1) is 13.8 Å². The Balaban J connectivity index is 2.07. The molecule has 0 aliphatic carbocycles. The summed E-state index contributed by atoms with van der Waals surface area (Å²) in [6, 6.07) is 13.0. The van der Waals surface area contributed by atoms with E-state index in [9.17, 15) is 8.42 Å². The normalized spacial score (nSPS) is 11.7. The molecule has 0 saturated heterocycles. The molecule has 32 heavy (non-hydrogen) atoms. The van der Waals surface area contributed by atoms with Crippen LogP contribution in [0.4, 0.5) is 11.6 Å². The number of rotatable bonds is 6. The van der Waals surface area contributed by atoms with Crippen LogP contribution in [0.2, 0.25) is 0 Å². The minimum atomic E-state index is -4.06. The third kappa shape index (κ3) is 5.95. The smallest absolute Gasteiger partial charge is 0.285 e. The Morgan fingerprint density at radius 2 is 1.59 bits per heavy atom. The van der Waals surface area contributed by atoms with E-state index in [2.05, 4.69) is 40.9 Å². The van der Waals surface area contributed by atoms with Crippen LogP contribution < -0.4 is 20.1 Å². The summed E-state index contributed by atoms with van der Waals surface area (Å²) in [7, 11) is -1.03. The van der Waals surface area contributed by atoms with Gasteiger partial charge in [0.05, 0.1) is 24.8 Å². The molecule has 3 rings (SSSR count). The second-order valence-corrected chi connectivity index (χ2v) is 9.18. The Kier molecular flexibility index (Phi) is 7.31. The van der Waals surface area contributed by atoms with E-state index in [1.807, 2.05) is 13.8 Å². The quantitative estimate of drug-likeness (QED) is 0.368. The highest BCUT2D eigenvalue weighted by Crippen LogP contribution is 2.29. The molecule has 0 fully saturated rings. The number of hydrogen-bond donors (Lipinski definition) is 2. The zero-order valence-corrected chi connectivity index (χ0v) is 20.3. The van der Waals surface area contributed by atoms with Crippen LogP contribution in [0.1, 0.15) is 11.4 Å². The molecule has 168 valence electrons. The van der Waals surface area contributed by atoms with E-state index < -0.39 is 10.0 Å². The first-order valence-electron chi connectivity index (χ1n) is 9.39. The Morgan fingerprint density at radius 1 is 0.938 bits per heavy atom. The Hall–Kier alpha value is -3.18. The van der Waals surface area contributed by atoms with Gasteiger partial charge in [-0.25, -0.2) is 9.97 Å². The molecule has 2 aromatic carbocycles. The van der Waals surface area contributed by atoms with Crippen molar-refractivity contribution in [2.45, 2.75) is 18.7 Å². The molecule has 0 bridgehead atoms. The van der Waals surface area contributed by atoms with Gasteiger partial charge in [-0.1, -0.05) is 15.9 Å². The fourth-order valence-corrected chi connectivity index (χ4v) is 3.96. The number of hydrogen-bond acceptors (Lipinski definition) is 6. The molecule has 0 amide bonds. The monoisotopic (exact) mass is 519 g/mol. The predicted molar refractivity (Wildman–Crippen MR) is 127 cm³/mol. The van der Waals surface area contributed by atoms with Gasteiger partial charge in [-0.05, 0) is 56.3 Å². The molecule has 1 heterocycles. The predicted octanol–water partition coefficient (Wildman–Crippen LogP) is 4.14. The van der Waals surface area contributed by atoms with Crippen LogP contribution in [-0.4, -0.2) is 38.6 Å². The molecule has 0 aliphatic rings. The zero-order valence-electron chi connectivity index (χ0n) is 17.9. The molecule has 0 spiro atoms. The topological polar surface area (TPSA) is 115 Å². The van der Waals surface area contributed by atoms with E-state index in [0.717, 1.165) is 4.47 Å². The van der Waals surface area contributed by atoms with Crippen molar-refractivity contribution in [3.8, 4) is 11.5 Å². The summed E-state index contributed by atoms with van der Waals surface area (Å²) in [5, 5.41) is 5.83. The van der Waals surface area contributed by atoms with Gasteiger partial charge in [-0.3, -0.25) is 5.32 Å². The maximum Gasteiger partial charge on any atom is 0.285 e. The Morgan fingerprint density at radius 3 is 2.19 bits per heavy atom. The van der Waals surface area contributed by atoms with Crippen LogP contribution in [0.3, 0.4) is 0 Å². The SMILES string of the molecule is COc1ccc(OC)c(N/C(=N/S(=O)(=O)c2ccc(Br)cc2)Nc2nc(C)cc(C)n2)c1. The first-order valence-corrected chi connectivity index (χ1v) is 11.6. The number of nitrogens with zero attached hydrogens (tertiary/aromatic N) is 3. The van der Waals surface area contributed by atoms with E-state index in [1.54, 1.807) is 36.4 Å². The number of benzene rings is 2. The van der Waals surface area contributed by atoms with Gasteiger partial charge in [0.2, 0.25) is 11.9 Å². The molecule has 0 saturated carbocycles. The summed E-state index contributed by atoms with van der Waals surface area (Å²) in [6.07, 6.45) is 0. The van der Waals surface area contributed by atoms with E-state index in [0.29, 0.717) is 28.6 Å². The number of sulfonamides is 1. The second kappa shape index (κ2) is 9.96. The van der Waals surface area contributed by atoms with Crippen molar-refractivity contribution < 1.29 is 17.9 Å². The molecular weight excluding hydrogens is 498 g/mol. The van der Waals surface area contributed by atoms with E-state index in [-0.39, 0.29) is 16.8 Å². The van der Waals surface area contributed by atoms with Crippen molar-refractivity contribution >= 4 is 43.5 Å². The molecule has 0 unspecified atom stereocenters. The van der Waals surface area contributed by atoms with Crippen molar-refractivity contribution in [3.05, 3.63) is 64.4 Å². The highest BCUT2D eigenvalue weighted by Gasteiger charge is 2.17. The average Bonchev–Trinajstić information content (AvgIpc) is 2.73. The fraction of sp³-hybridized carbons (Fsp3) is 0.190. The lowest BCUT2D eigenvalue weighted by Gasteiger charge is -2.15. The maximum absolute atomic E-state index is 13.0. The summed E-state index contributed by atoms with van der Waals surface area (Å²) in [4.78, 5) is 8.64. The first-order chi connectivity index (χ1) is 15.2. The van der Waals surface area contributed by atoms with Gasteiger partial charge in [-0.15, -0.1) is 4.40 Å². The fourth-order valence-electron chi connectivity index (χ4n) is 2.78. The highest BCUT2D eigenvalue weighted by molar-refractivity contribution is 9.10. The minimum Gasteiger partial charge on any atom is -0.497 e. The number of aryl methyl sites for hydroxylation is 2. The van der Waals surface area contributed by atoms with E-state index in [4.69, 9.17) is 9.47 Å². The molecule has 9 nitrogen and oxygen atoms in total. The highest BCUT2D eigenvalue weighted by atomic mass is 79.9. The zero-order chi connectivity index (χ0) is 23.3. The number of methoxy groups -OCH3 is 2. The number of nitrogens with one attached hydrogen (secondary N) is 2. The third-order valence-electron chi connectivity index (χ3n) is 4.20. The van der Waals surface area contributed by atoms with E-state index in [1.165, 1.54) is 26.4 Å². The van der Waals surface area contributed by atoms with Gasteiger partial charge >= 0.3 is 0 Å². The van der Waals surface area contributed by atoms with Crippen molar-refractivity contribution in [2.24, 2.45) is 4.40 Å². The van der Waals surface area contributed by atoms with Crippen LogP contribution in [0.15, 0.2) is 62.3 Å². The second-order valence-electron chi connectivity index (χ2n) is 6.66. The largest absolute Gasteiger partial charge is 0.497 e. The Labute approximate surface area is 195 Å². The van der Waals surface area contributed by atoms with Crippen LogP contribution in [0.5, 0.6) is 11.5 Å². The van der Waals surface area contributed by atoms with Crippen molar-refractivity contribution in [1.29, 1.82) is 0 Å². The van der Waals surface area contributed by atoms with Gasteiger partial charge < -0.3 is 14.8 Å². The van der Waals surface area contributed by atoms with Gasteiger partial charge in [0, 0.05) is 21.9 Å². The Bertz CT molecular complexity index is 1230. The molecule has 1 aromatic heterocycles. The van der Waals surface area contributed by atoms with Crippen molar-refractivity contribution in [2.75, 3.05) is 24.9 Å². The van der Waals surface area contributed by atoms with Crippen molar-refractivity contribution in [3.63, 3.8) is 0 Å². The lowest BCUT2D eigenvalue weighted by Crippen LogP contribution is -2.25. The van der Waals surface area contributed by atoms with Crippen molar-refractivity contribution in [1.82, 2.24) is 9.97 Å². The number of anilines is 2. The van der Waals surface area contributed by atoms with Gasteiger partial charge in [0.25, 0.3) is 10.0 Å². The number of ether oxygens (including phenoxy) is 2. The maximum atomic E-state index is 13.0. The third-order valence-corrected chi connectivity index (χ3v) is 6.01. The molecule has 0 radical (unpaired) electrons. The summed E-state index contributed by atoms with van der Waals surface area (Å²) >= 11 is 3.30. The summed E-state index contributed by atoms with van der Waals surface area (Å²) in [6.45, 7) is 3.63. The number of guanidine groups is 1. The number of aromatic nitrogens is 2. The van der Waals surface area contributed by atoms with Gasteiger partial charge in [0.15, 0.2) is 0 Å². The summed E-state index contributed by atoms with van der Waals surface area (Å²) in [5.41, 5.74) is 1.87. The van der Waals surface area contributed by atoms with Crippen LogP contribution >= 0.6 is 15.9 Å². The average molecular weight is 520 g/mol. The summed E-state index contributed by atoms with van der Waals surface area (Å²) < 4.78 is 41.3. The van der Waals surface area contributed by atoms with E-state index >= 15 is 0 Å². The first kappa shape index (κ1) is 23.5. The van der Waals surface area contributed by atoms with Gasteiger partial charge in [-0.2, -0.15) is 8.42 Å². The van der Waals surface area contributed by atoms with Gasteiger partial charge in [0.1, 0.15) is 11.5 Å². The molecule has 11 heteroatoms. The standard InChI is InChI=1S/C21H22BrN5O4S/c1-13-11-14(2)24-20(23-13)26-21(25-18-12-16(30-3)7-10-19(18)31-4)27-32(28,29)17-8-5-15(22)6-9-17/h5-12H,1-4H3,(H2,23,24,25,26,27). The molecule has 2 N–H and O–H groups in total. The molecule has 0 atom stereocenters. The van der Waals surface area contributed by atoms with Crippen LogP contribution in [0.25, 0.3) is 0 Å². The molecular formula is C21H22BrN5O4S. The van der Waals surface area contributed by atoms with Crippen LogP contribution in [-0.2, 0) is 10.0 Å². The lowest BCUT2D eigenvalue weighted by atomic mass is 10.2. The summed E-state index contributed by atoms with van der Waals surface area (Å²) in [5.74, 6) is 1.10. The minimum absolute atomic E-state index is 0.0285. The molecule has 0 aliphatic heterocycles. The lowest BCUT2D eigenvalue weighted by molar-refractivity contribution is 0.405. The molecule has 3 aromatic rings.